The van der Waals surface area contributed by atoms with Gasteiger partial charge in [0.05, 0.1) is 11.1 Å². The quantitative estimate of drug-likeness (QED) is 0.763. The van der Waals surface area contributed by atoms with Gasteiger partial charge in [-0.1, -0.05) is 6.07 Å². The topological polar surface area (TPSA) is 70.7 Å². The average Bonchev–Trinajstić information content (AvgIpc) is 2.90. The lowest BCUT2D eigenvalue weighted by Crippen LogP contribution is -2.12. The summed E-state index contributed by atoms with van der Waals surface area (Å²) in [6, 6.07) is 6.66. The number of H-pyrrole nitrogens is 1. The number of hydrogen-bond donors (Lipinski definition) is 2. The first-order valence-corrected chi connectivity index (χ1v) is 6.22. The van der Waals surface area contributed by atoms with Crippen molar-refractivity contribution in [2.45, 2.75) is 6.18 Å². The number of aromatic amines is 1. The highest BCUT2D eigenvalue weighted by Gasteiger charge is 2.33. The fourth-order valence-electron chi connectivity index (χ4n) is 2.06. The van der Waals surface area contributed by atoms with E-state index in [1.54, 1.807) is 0 Å². The van der Waals surface area contributed by atoms with Gasteiger partial charge in [-0.3, -0.25) is 14.9 Å². The summed E-state index contributed by atoms with van der Waals surface area (Å²) in [5.41, 5.74) is -0.667. The summed E-state index contributed by atoms with van der Waals surface area (Å²) in [7, 11) is 0. The minimum Gasteiger partial charge on any atom is -0.305 e. The summed E-state index contributed by atoms with van der Waals surface area (Å²) < 4.78 is 38.7. The van der Waals surface area contributed by atoms with E-state index in [9.17, 15) is 18.0 Å². The number of benzene rings is 1. The van der Waals surface area contributed by atoms with Gasteiger partial charge in [0, 0.05) is 23.3 Å². The number of amides is 1. The maximum absolute atomic E-state index is 12.9. The van der Waals surface area contributed by atoms with Crippen LogP contribution in [0.4, 0.5) is 19.0 Å². The van der Waals surface area contributed by atoms with Gasteiger partial charge in [-0.05, 0) is 24.3 Å². The third kappa shape index (κ3) is 2.50. The van der Waals surface area contributed by atoms with E-state index in [0.717, 1.165) is 6.07 Å². The molecule has 2 aromatic heterocycles. The molecule has 0 spiro atoms. The van der Waals surface area contributed by atoms with Crippen LogP contribution < -0.4 is 5.32 Å². The second kappa shape index (κ2) is 5.14. The first kappa shape index (κ1) is 14.1. The average molecular weight is 306 g/mol. The molecular formula is C14H9F3N4O. The molecule has 0 aliphatic rings. The number of aromatic nitrogens is 3. The van der Waals surface area contributed by atoms with Crippen LogP contribution >= 0.6 is 0 Å². The summed E-state index contributed by atoms with van der Waals surface area (Å²) in [6.07, 6.45) is -1.61. The Morgan fingerprint density at radius 3 is 2.55 bits per heavy atom. The van der Waals surface area contributed by atoms with E-state index in [4.69, 9.17) is 0 Å². The fourth-order valence-corrected chi connectivity index (χ4v) is 2.06. The number of nitrogens with one attached hydrogen (secondary N) is 2. The number of para-hydroxylation sites is 1. The predicted octanol–water partition coefficient (Wildman–Crippen LogP) is 3.23. The summed E-state index contributed by atoms with van der Waals surface area (Å²) in [6.45, 7) is 0. The highest BCUT2D eigenvalue weighted by atomic mass is 19.4. The Balaban J connectivity index is 1.98. The van der Waals surface area contributed by atoms with Gasteiger partial charge in [-0.2, -0.15) is 18.3 Å². The van der Waals surface area contributed by atoms with E-state index in [0.29, 0.717) is 5.56 Å². The van der Waals surface area contributed by atoms with Gasteiger partial charge in [0.25, 0.3) is 5.91 Å². The van der Waals surface area contributed by atoms with Gasteiger partial charge >= 0.3 is 6.18 Å². The number of hydrogen-bond acceptors (Lipinski definition) is 3. The Kier molecular flexibility index (Phi) is 3.28. The minimum absolute atomic E-state index is 0.0444. The number of anilines is 1. The summed E-state index contributed by atoms with van der Waals surface area (Å²) >= 11 is 0. The molecule has 0 aliphatic carbocycles. The highest BCUT2D eigenvalue weighted by Crippen LogP contribution is 2.35. The van der Waals surface area contributed by atoms with Crippen LogP contribution in [0.25, 0.3) is 10.9 Å². The lowest BCUT2D eigenvalue weighted by molar-refractivity contribution is -0.136. The predicted molar refractivity (Wildman–Crippen MR) is 73.3 cm³/mol. The molecule has 0 atom stereocenters. The number of carbonyl (C=O) groups excluding carboxylic acids is 1. The van der Waals surface area contributed by atoms with E-state index in [1.807, 2.05) is 0 Å². The lowest BCUT2D eigenvalue weighted by atomic mass is 10.1. The number of fused-ring (bicyclic) bond motifs is 1. The molecule has 0 radical (unpaired) electrons. The first-order valence-electron chi connectivity index (χ1n) is 6.22. The highest BCUT2D eigenvalue weighted by molar-refractivity contribution is 6.08. The Morgan fingerprint density at radius 2 is 1.86 bits per heavy atom. The molecule has 3 aromatic rings. The molecule has 1 aromatic carbocycles. The van der Waals surface area contributed by atoms with Gasteiger partial charge < -0.3 is 5.32 Å². The molecule has 0 fully saturated rings. The molecule has 22 heavy (non-hydrogen) atoms. The molecule has 0 bridgehead atoms. The molecular weight excluding hydrogens is 297 g/mol. The minimum atomic E-state index is -4.50. The van der Waals surface area contributed by atoms with Crippen molar-refractivity contribution < 1.29 is 18.0 Å². The number of rotatable bonds is 2. The monoisotopic (exact) mass is 306 g/mol. The Hall–Kier alpha value is -2.90. The smallest absolute Gasteiger partial charge is 0.305 e. The molecule has 8 heteroatoms. The summed E-state index contributed by atoms with van der Waals surface area (Å²) in [5, 5.41) is 8.76. The zero-order chi connectivity index (χ0) is 15.7. The van der Waals surface area contributed by atoms with Gasteiger partial charge in [-0.25, -0.2) is 0 Å². The number of halogens is 3. The molecule has 2 heterocycles. The molecule has 0 saturated heterocycles. The van der Waals surface area contributed by atoms with Crippen LogP contribution in [0.15, 0.2) is 42.7 Å². The van der Waals surface area contributed by atoms with Gasteiger partial charge in [0.2, 0.25) is 0 Å². The molecule has 0 unspecified atom stereocenters. The van der Waals surface area contributed by atoms with E-state index in [2.05, 4.69) is 20.5 Å². The van der Waals surface area contributed by atoms with Crippen LogP contribution in [-0.4, -0.2) is 21.1 Å². The van der Waals surface area contributed by atoms with Gasteiger partial charge in [-0.15, -0.1) is 0 Å². The SMILES string of the molecule is O=C(Nc1n[nH]c2c(C(F)(F)F)cccc12)c1ccncc1. The van der Waals surface area contributed by atoms with Crippen LogP contribution in [0.2, 0.25) is 0 Å². The third-order valence-electron chi connectivity index (χ3n) is 3.08. The fraction of sp³-hybridized carbons (Fsp3) is 0.0714. The molecule has 112 valence electrons. The van der Waals surface area contributed by atoms with Gasteiger partial charge in [0.1, 0.15) is 0 Å². The van der Waals surface area contributed by atoms with Crippen molar-refractivity contribution in [3.8, 4) is 0 Å². The van der Waals surface area contributed by atoms with E-state index < -0.39 is 17.6 Å². The molecule has 2 N–H and O–H groups in total. The van der Waals surface area contributed by atoms with E-state index in [-0.39, 0.29) is 16.7 Å². The van der Waals surface area contributed by atoms with Crippen molar-refractivity contribution in [1.82, 2.24) is 15.2 Å². The molecule has 0 saturated carbocycles. The number of carbonyl (C=O) groups is 1. The maximum atomic E-state index is 12.9. The van der Waals surface area contributed by atoms with Gasteiger partial charge in [0.15, 0.2) is 5.82 Å². The van der Waals surface area contributed by atoms with Crippen LogP contribution in [-0.2, 0) is 6.18 Å². The van der Waals surface area contributed by atoms with Crippen LogP contribution in [0.5, 0.6) is 0 Å². The summed E-state index contributed by atoms with van der Waals surface area (Å²) in [5.74, 6) is -0.434. The maximum Gasteiger partial charge on any atom is 0.418 e. The van der Waals surface area contributed by atoms with Crippen molar-refractivity contribution in [3.63, 3.8) is 0 Å². The summed E-state index contributed by atoms with van der Waals surface area (Å²) in [4.78, 5) is 15.8. The number of pyridine rings is 1. The van der Waals surface area contributed by atoms with Crippen molar-refractivity contribution in [2.75, 3.05) is 5.32 Å². The van der Waals surface area contributed by atoms with E-state index >= 15 is 0 Å². The van der Waals surface area contributed by atoms with Crippen LogP contribution in [0.1, 0.15) is 15.9 Å². The number of nitrogens with zero attached hydrogens (tertiary/aromatic N) is 2. The standard InChI is InChI=1S/C14H9F3N4O/c15-14(16,17)10-3-1-2-9-11(10)20-21-12(9)19-13(22)8-4-6-18-7-5-8/h1-7H,(H2,19,20,21,22). The Labute approximate surface area is 122 Å². The van der Waals surface area contributed by atoms with Crippen molar-refractivity contribution in [2.24, 2.45) is 0 Å². The normalized spacial score (nSPS) is 11.6. The molecule has 5 nitrogen and oxygen atoms in total. The zero-order valence-corrected chi connectivity index (χ0v) is 11.0. The first-order chi connectivity index (χ1) is 10.5. The Morgan fingerprint density at radius 1 is 1.14 bits per heavy atom. The third-order valence-corrected chi connectivity index (χ3v) is 3.08. The molecule has 1 amide bonds. The molecule has 0 aliphatic heterocycles. The second-order valence-electron chi connectivity index (χ2n) is 4.49. The lowest BCUT2D eigenvalue weighted by Gasteiger charge is -2.07. The second-order valence-corrected chi connectivity index (χ2v) is 4.49. The van der Waals surface area contributed by atoms with Crippen molar-refractivity contribution in [3.05, 3.63) is 53.9 Å². The van der Waals surface area contributed by atoms with Crippen LogP contribution in [0, 0.1) is 0 Å². The molecule has 3 rings (SSSR count). The van der Waals surface area contributed by atoms with Crippen LogP contribution in [0.3, 0.4) is 0 Å². The largest absolute Gasteiger partial charge is 0.418 e. The Bertz CT molecular complexity index is 827. The van der Waals surface area contributed by atoms with E-state index in [1.165, 1.54) is 36.7 Å². The zero-order valence-electron chi connectivity index (χ0n) is 11.0. The number of alkyl halides is 3. The van der Waals surface area contributed by atoms with Crippen molar-refractivity contribution >= 4 is 22.6 Å². The van der Waals surface area contributed by atoms with Crippen molar-refractivity contribution in [1.29, 1.82) is 0 Å².